The zero-order chi connectivity index (χ0) is 19.0. The van der Waals surface area contributed by atoms with Gasteiger partial charge in [0.25, 0.3) is 5.91 Å². The van der Waals surface area contributed by atoms with Crippen LogP contribution in [0.5, 0.6) is 0 Å². The second kappa shape index (κ2) is 9.32. The van der Waals surface area contributed by atoms with E-state index in [1.807, 2.05) is 5.32 Å². The Kier molecular flexibility index (Phi) is 7.77. The van der Waals surface area contributed by atoms with Crippen molar-refractivity contribution in [2.75, 3.05) is 26.9 Å². The van der Waals surface area contributed by atoms with Crippen molar-refractivity contribution in [3.8, 4) is 0 Å². The van der Waals surface area contributed by atoms with Crippen molar-refractivity contribution in [2.45, 2.75) is 4.90 Å². The van der Waals surface area contributed by atoms with Crippen LogP contribution in [0.2, 0.25) is 5.02 Å². The van der Waals surface area contributed by atoms with Crippen molar-refractivity contribution in [3.05, 3.63) is 28.8 Å². The molecule has 0 spiro atoms. The first kappa shape index (κ1) is 20.8. The van der Waals surface area contributed by atoms with Crippen LogP contribution in [0.15, 0.2) is 23.1 Å². The van der Waals surface area contributed by atoms with Crippen LogP contribution in [-0.4, -0.2) is 53.2 Å². The van der Waals surface area contributed by atoms with Gasteiger partial charge in [-0.3, -0.25) is 10.1 Å². The first-order valence-corrected chi connectivity index (χ1v) is 8.63. The van der Waals surface area contributed by atoms with Crippen molar-refractivity contribution in [1.29, 1.82) is 0 Å². The molecule has 0 heterocycles. The summed E-state index contributed by atoms with van der Waals surface area (Å²) < 4.78 is 32.1. The number of amides is 3. The van der Waals surface area contributed by atoms with Gasteiger partial charge in [0.1, 0.15) is 4.90 Å². The predicted molar refractivity (Wildman–Crippen MR) is 86.5 cm³/mol. The fraction of sp³-hybridized carbons (Fsp3) is 0.308. The Morgan fingerprint density at radius 1 is 1.28 bits per heavy atom. The minimum atomic E-state index is -4.13. The lowest BCUT2D eigenvalue weighted by atomic mass is 10.2. The maximum Gasteiger partial charge on any atom is 0.338 e. The highest BCUT2D eigenvalue weighted by molar-refractivity contribution is 7.89. The number of carbonyl (C=O) groups is 3. The number of nitrogens with two attached hydrogens (primary N) is 1. The lowest BCUT2D eigenvalue weighted by Crippen LogP contribution is -2.42. The van der Waals surface area contributed by atoms with E-state index in [1.54, 1.807) is 0 Å². The molecule has 0 fully saturated rings. The number of hydrogen-bond donors (Lipinski definition) is 3. The zero-order valence-corrected chi connectivity index (χ0v) is 14.6. The third-order valence-electron chi connectivity index (χ3n) is 2.65. The van der Waals surface area contributed by atoms with Crippen molar-refractivity contribution in [2.24, 2.45) is 5.14 Å². The first-order chi connectivity index (χ1) is 11.6. The summed E-state index contributed by atoms with van der Waals surface area (Å²) in [6.45, 7) is -0.292. The second-order valence-corrected chi connectivity index (χ2v) is 6.50. The lowest BCUT2D eigenvalue weighted by molar-refractivity contribution is -0.123. The third kappa shape index (κ3) is 7.05. The molecule has 0 bridgehead atoms. The van der Waals surface area contributed by atoms with Gasteiger partial charge in [0.05, 0.1) is 17.2 Å². The fourth-order valence-electron chi connectivity index (χ4n) is 1.54. The van der Waals surface area contributed by atoms with Crippen LogP contribution >= 0.6 is 11.6 Å². The second-order valence-electron chi connectivity index (χ2n) is 4.56. The number of methoxy groups -OCH3 is 1. The molecule has 0 atom stereocenters. The minimum Gasteiger partial charge on any atom is -0.452 e. The van der Waals surface area contributed by atoms with E-state index in [1.165, 1.54) is 13.2 Å². The van der Waals surface area contributed by atoms with E-state index in [2.05, 4.69) is 10.1 Å². The highest BCUT2D eigenvalue weighted by Gasteiger charge is 2.18. The molecule has 10 nitrogen and oxygen atoms in total. The van der Waals surface area contributed by atoms with Crippen LogP contribution in [0.3, 0.4) is 0 Å². The average Bonchev–Trinajstić information content (AvgIpc) is 2.52. The van der Waals surface area contributed by atoms with Gasteiger partial charge in [0.2, 0.25) is 10.0 Å². The smallest absolute Gasteiger partial charge is 0.338 e. The molecule has 0 aromatic heterocycles. The monoisotopic (exact) mass is 393 g/mol. The van der Waals surface area contributed by atoms with Crippen LogP contribution in [-0.2, 0) is 24.3 Å². The molecule has 3 amide bonds. The predicted octanol–water partition coefficient (Wildman–Crippen LogP) is -0.384. The Hall–Kier alpha value is -2.21. The van der Waals surface area contributed by atoms with Crippen molar-refractivity contribution in [1.82, 2.24) is 10.6 Å². The Balaban J connectivity index is 2.60. The third-order valence-corrected chi connectivity index (χ3v) is 4.04. The van der Waals surface area contributed by atoms with E-state index in [0.717, 1.165) is 12.1 Å². The molecule has 1 aromatic rings. The molecule has 12 heteroatoms. The van der Waals surface area contributed by atoms with Crippen LogP contribution in [0.4, 0.5) is 4.79 Å². The van der Waals surface area contributed by atoms with Gasteiger partial charge in [0, 0.05) is 13.7 Å². The van der Waals surface area contributed by atoms with Crippen molar-refractivity contribution in [3.63, 3.8) is 0 Å². The Morgan fingerprint density at radius 2 is 1.96 bits per heavy atom. The molecule has 25 heavy (non-hydrogen) atoms. The number of carbonyl (C=O) groups excluding carboxylic acids is 3. The molecule has 0 radical (unpaired) electrons. The summed E-state index contributed by atoms with van der Waals surface area (Å²) in [6.07, 6.45) is 0. The number of urea groups is 1. The Labute approximate surface area is 148 Å². The molecule has 138 valence electrons. The normalized spacial score (nSPS) is 10.8. The maximum atomic E-state index is 11.8. The largest absolute Gasteiger partial charge is 0.452 e. The van der Waals surface area contributed by atoms with E-state index in [0.29, 0.717) is 0 Å². The summed E-state index contributed by atoms with van der Waals surface area (Å²) in [7, 11) is -2.68. The molecule has 0 saturated carbocycles. The van der Waals surface area contributed by atoms with Gasteiger partial charge < -0.3 is 14.8 Å². The molecule has 0 saturated heterocycles. The molecule has 0 aliphatic rings. The molecule has 0 aliphatic heterocycles. The molecule has 0 unspecified atom stereocenters. The van der Waals surface area contributed by atoms with Gasteiger partial charge >= 0.3 is 12.0 Å². The van der Waals surface area contributed by atoms with Gasteiger partial charge in [-0.15, -0.1) is 0 Å². The van der Waals surface area contributed by atoms with Gasteiger partial charge in [-0.1, -0.05) is 11.6 Å². The molecule has 4 N–H and O–H groups in total. The van der Waals surface area contributed by atoms with Gasteiger partial charge in [-0.2, -0.15) is 0 Å². The van der Waals surface area contributed by atoms with Crippen LogP contribution < -0.4 is 15.8 Å². The van der Waals surface area contributed by atoms with E-state index in [9.17, 15) is 22.8 Å². The van der Waals surface area contributed by atoms with E-state index < -0.39 is 39.4 Å². The number of rotatable bonds is 7. The number of primary sulfonamides is 1. The number of hydrogen-bond acceptors (Lipinski definition) is 7. The molecule has 1 aromatic carbocycles. The number of ether oxygens (including phenoxy) is 2. The molecule has 0 aliphatic carbocycles. The number of nitrogens with one attached hydrogen (secondary N) is 2. The Bertz CT molecular complexity index is 767. The molecule has 1 rings (SSSR count). The number of benzene rings is 1. The van der Waals surface area contributed by atoms with Gasteiger partial charge in [0.15, 0.2) is 6.61 Å². The first-order valence-electron chi connectivity index (χ1n) is 6.71. The quantitative estimate of drug-likeness (QED) is 0.421. The Morgan fingerprint density at radius 3 is 2.56 bits per heavy atom. The number of esters is 1. The van der Waals surface area contributed by atoms with Crippen LogP contribution in [0.25, 0.3) is 0 Å². The summed E-state index contributed by atoms with van der Waals surface area (Å²) >= 11 is 5.69. The molecular formula is C13H16ClN3O7S. The topological polar surface area (TPSA) is 154 Å². The van der Waals surface area contributed by atoms with Gasteiger partial charge in [-0.25, -0.2) is 23.1 Å². The van der Waals surface area contributed by atoms with Crippen molar-refractivity contribution < 1.29 is 32.3 Å². The zero-order valence-electron chi connectivity index (χ0n) is 13.1. The maximum absolute atomic E-state index is 11.8. The van der Waals surface area contributed by atoms with E-state index in [4.69, 9.17) is 21.5 Å². The summed E-state index contributed by atoms with van der Waals surface area (Å²) in [5, 5.41) is 9.07. The standard InChI is InChI=1S/C13H16ClN3O7S/c1-23-5-4-16-13(20)17-11(18)7-24-12(19)8-2-3-9(14)10(6-8)25(15,21)22/h2-3,6H,4-5,7H2,1H3,(H2,15,21,22)(H2,16,17,18,20). The van der Waals surface area contributed by atoms with E-state index in [-0.39, 0.29) is 23.7 Å². The average molecular weight is 394 g/mol. The highest BCUT2D eigenvalue weighted by atomic mass is 35.5. The van der Waals surface area contributed by atoms with Crippen molar-refractivity contribution >= 4 is 39.5 Å². The highest BCUT2D eigenvalue weighted by Crippen LogP contribution is 2.21. The van der Waals surface area contributed by atoms with Crippen LogP contribution in [0, 0.1) is 0 Å². The fourth-order valence-corrected chi connectivity index (χ4v) is 2.61. The lowest BCUT2D eigenvalue weighted by Gasteiger charge is -2.08. The van der Waals surface area contributed by atoms with E-state index >= 15 is 0 Å². The number of imide groups is 1. The summed E-state index contributed by atoms with van der Waals surface area (Å²) in [4.78, 5) is 34.2. The summed E-state index contributed by atoms with van der Waals surface area (Å²) in [6, 6.07) is 2.51. The summed E-state index contributed by atoms with van der Waals surface area (Å²) in [5.41, 5.74) is -0.175. The summed E-state index contributed by atoms with van der Waals surface area (Å²) in [5.74, 6) is -1.86. The SMILES string of the molecule is COCCNC(=O)NC(=O)COC(=O)c1ccc(Cl)c(S(N)(=O)=O)c1. The number of sulfonamides is 1. The van der Waals surface area contributed by atoms with Crippen LogP contribution in [0.1, 0.15) is 10.4 Å². The van der Waals surface area contributed by atoms with Gasteiger partial charge in [-0.05, 0) is 18.2 Å². The minimum absolute atomic E-state index is 0.162. The number of halogens is 1. The molecular weight excluding hydrogens is 378 g/mol.